The van der Waals surface area contributed by atoms with Gasteiger partial charge >= 0.3 is 0 Å². The lowest BCUT2D eigenvalue weighted by Crippen LogP contribution is -1.95. The van der Waals surface area contributed by atoms with Crippen molar-refractivity contribution in [3.05, 3.63) is 53.6 Å². The van der Waals surface area contributed by atoms with E-state index >= 15 is 0 Å². The largest absolute Gasteiger partial charge is 0.497 e. The van der Waals surface area contributed by atoms with Crippen LogP contribution < -0.4 is 9.47 Å². The third kappa shape index (κ3) is 4.04. The van der Waals surface area contributed by atoms with Crippen LogP contribution in [0.15, 0.2) is 47.4 Å². The summed E-state index contributed by atoms with van der Waals surface area (Å²) < 4.78 is 10.6. The second kappa shape index (κ2) is 7.90. The first-order valence-electron chi connectivity index (χ1n) is 7.15. The van der Waals surface area contributed by atoms with Crippen molar-refractivity contribution in [1.82, 2.24) is 0 Å². The second-order valence-corrected chi connectivity index (χ2v) is 5.82. The molecule has 0 amide bonds. The first kappa shape index (κ1) is 16.4. The van der Waals surface area contributed by atoms with Crippen molar-refractivity contribution in [2.45, 2.75) is 24.0 Å². The Bertz CT molecular complexity index is 635. The Morgan fingerprint density at radius 2 is 1.77 bits per heavy atom. The zero-order valence-corrected chi connectivity index (χ0v) is 13.9. The Morgan fingerprint density at radius 3 is 2.36 bits per heavy atom. The molecule has 0 fully saturated rings. The van der Waals surface area contributed by atoms with Gasteiger partial charge in [-0.2, -0.15) is 0 Å². The molecule has 2 rings (SSSR count). The van der Waals surface area contributed by atoms with Crippen LogP contribution in [0, 0.1) is 0 Å². The van der Waals surface area contributed by atoms with E-state index in [1.54, 1.807) is 26.0 Å². The van der Waals surface area contributed by atoms with E-state index in [1.807, 2.05) is 49.4 Å². The maximum absolute atomic E-state index is 11.6. The standard InChI is InChI=1S/C18H20O3S/c1-4-17(19)13-6-9-16(10-7-13)22-12-14-5-8-15(20-2)11-18(14)21-3/h5-11H,4,12H2,1-3H3. The Kier molecular flexibility index (Phi) is 5.90. The van der Waals surface area contributed by atoms with Gasteiger partial charge in [0, 0.05) is 34.3 Å². The molecule has 0 aliphatic heterocycles. The monoisotopic (exact) mass is 316 g/mol. The molecule has 0 saturated heterocycles. The van der Waals surface area contributed by atoms with E-state index in [4.69, 9.17) is 9.47 Å². The van der Waals surface area contributed by atoms with Crippen LogP contribution in [0.2, 0.25) is 0 Å². The molecule has 0 N–H and O–H groups in total. The van der Waals surface area contributed by atoms with Crippen LogP contribution in [0.1, 0.15) is 29.3 Å². The van der Waals surface area contributed by atoms with E-state index in [0.717, 1.165) is 33.3 Å². The molecular weight excluding hydrogens is 296 g/mol. The molecule has 0 radical (unpaired) electrons. The summed E-state index contributed by atoms with van der Waals surface area (Å²) >= 11 is 1.71. The van der Waals surface area contributed by atoms with Gasteiger partial charge in [0.2, 0.25) is 0 Å². The molecule has 0 aromatic heterocycles. The maximum atomic E-state index is 11.6. The van der Waals surface area contributed by atoms with E-state index in [1.165, 1.54) is 0 Å². The molecule has 0 atom stereocenters. The van der Waals surface area contributed by atoms with E-state index < -0.39 is 0 Å². The number of ketones is 1. The normalized spacial score (nSPS) is 10.3. The Morgan fingerprint density at radius 1 is 1.05 bits per heavy atom. The summed E-state index contributed by atoms with van der Waals surface area (Å²) in [4.78, 5) is 12.7. The van der Waals surface area contributed by atoms with Gasteiger partial charge in [-0.05, 0) is 18.2 Å². The summed E-state index contributed by atoms with van der Waals surface area (Å²) in [6.45, 7) is 1.88. The van der Waals surface area contributed by atoms with E-state index in [2.05, 4.69) is 0 Å². The van der Waals surface area contributed by atoms with Gasteiger partial charge in [-0.15, -0.1) is 11.8 Å². The molecule has 2 aromatic rings. The second-order valence-electron chi connectivity index (χ2n) is 4.77. The molecule has 0 saturated carbocycles. The molecule has 3 nitrogen and oxygen atoms in total. The summed E-state index contributed by atoms with van der Waals surface area (Å²) in [5.74, 6) is 2.58. The lowest BCUT2D eigenvalue weighted by Gasteiger charge is -2.10. The highest BCUT2D eigenvalue weighted by atomic mass is 32.2. The third-order valence-corrected chi connectivity index (χ3v) is 4.45. The van der Waals surface area contributed by atoms with Crippen LogP contribution in [0.5, 0.6) is 11.5 Å². The maximum Gasteiger partial charge on any atom is 0.162 e. The van der Waals surface area contributed by atoms with Crippen molar-refractivity contribution in [2.24, 2.45) is 0 Å². The van der Waals surface area contributed by atoms with Gasteiger partial charge in [0.25, 0.3) is 0 Å². The predicted octanol–water partition coefficient (Wildman–Crippen LogP) is 4.59. The van der Waals surface area contributed by atoms with Crippen molar-refractivity contribution in [3.8, 4) is 11.5 Å². The van der Waals surface area contributed by atoms with Crippen molar-refractivity contribution in [2.75, 3.05) is 14.2 Å². The highest BCUT2D eigenvalue weighted by Gasteiger charge is 2.07. The van der Waals surface area contributed by atoms with Gasteiger partial charge in [0.05, 0.1) is 14.2 Å². The van der Waals surface area contributed by atoms with Gasteiger partial charge in [0.1, 0.15) is 11.5 Å². The summed E-state index contributed by atoms with van der Waals surface area (Å²) in [7, 11) is 3.30. The fourth-order valence-electron chi connectivity index (χ4n) is 2.07. The smallest absolute Gasteiger partial charge is 0.162 e. The number of benzene rings is 2. The molecule has 22 heavy (non-hydrogen) atoms. The molecule has 0 aliphatic carbocycles. The number of carbonyl (C=O) groups is 1. The molecule has 0 heterocycles. The molecule has 116 valence electrons. The Labute approximate surface area is 135 Å². The fourth-order valence-corrected chi connectivity index (χ4v) is 2.96. The lowest BCUT2D eigenvalue weighted by molar-refractivity contribution is 0.0988. The molecule has 0 unspecified atom stereocenters. The molecule has 0 bridgehead atoms. The highest BCUT2D eigenvalue weighted by Crippen LogP contribution is 2.30. The summed E-state index contributed by atoms with van der Waals surface area (Å²) in [6, 6.07) is 13.6. The molecular formula is C18H20O3S. The number of rotatable bonds is 7. The zero-order valence-electron chi connectivity index (χ0n) is 13.1. The quantitative estimate of drug-likeness (QED) is 0.553. The van der Waals surface area contributed by atoms with Crippen molar-refractivity contribution in [1.29, 1.82) is 0 Å². The van der Waals surface area contributed by atoms with Gasteiger partial charge < -0.3 is 9.47 Å². The van der Waals surface area contributed by atoms with Crippen LogP contribution in [0.3, 0.4) is 0 Å². The third-order valence-electron chi connectivity index (χ3n) is 3.39. The van der Waals surface area contributed by atoms with Gasteiger partial charge in [-0.25, -0.2) is 0 Å². The van der Waals surface area contributed by atoms with E-state index in [-0.39, 0.29) is 5.78 Å². The minimum Gasteiger partial charge on any atom is -0.497 e. The van der Waals surface area contributed by atoms with Crippen molar-refractivity contribution in [3.63, 3.8) is 0 Å². The fraction of sp³-hybridized carbons (Fsp3) is 0.278. The van der Waals surface area contributed by atoms with Crippen LogP contribution in [0.25, 0.3) is 0 Å². The van der Waals surface area contributed by atoms with Crippen LogP contribution >= 0.6 is 11.8 Å². The summed E-state index contributed by atoms with van der Waals surface area (Å²) in [5, 5.41) is 0. The Hall–Kier alpha value is -1.94. The number of hydrogen-bond acceptors (Lipinski definition) is 4. The number of hydrogen-bond donors (Lipinski definition) is 0. The zero-order chi connectivity index (χ0) is 15.9. The van der Waals surface area contributed by atoms with E-state index in [0.29, 0.717) is 6.42 Å². The number of thioether (sulfide) groups is 1. The Balaban J connectivity index is 2.05. The SMILES string of the molecule is CCC(=O)c1ccc(SCc2ccc(OC)cc2OC)cc1. The van der Waals surface area contributed by atoms with Gasteiger partial charge in [0.15, 0.2) is 5.78 Å². The number of carbonyl (C=O) groups excluding carboxylic acids is 1. The first-order valence-corrected chi connectivity index (χ1v) is 8.13. The van der Waals surface area contributed by atoms with Gasteiger partial charge in [-0.1, -0.05) is 25.1 Å². The van der Waals surface area contributed by atoms with Crippen LogP contribution in [-0.2, 0) is 5.75 Å². The van der Waals surface area contributed by atoms with Gasteiger partial charge in [-0.3, -0.25) is 4.79 Å². The first-order chi connectivity index (χ1) is 10.7. The average molecular weight is 316 g/mol. The topological polar surface area (TPSA) is 35.5 Å². The molecule has 4 heteroatoms. The minimum atomic E-state index is 0.174. The average Bonchev–Trinajstić information content (AvgIpc) is 2.59. The molecule has 0 aliphatic rings. The van der Waals surface area contributed by atoms with E-state index in [9.17, 15) is 4.79 Å². The number of methoxy groups -OCH3 is 2. The summed E-state index contributed by atoms with van der Waals surface area (Å²) in [5.41, 5.74) is 1.89. The minimum absolute atomic E-state index is 0.174. The lowest BCUT2D eigenvalue weighted by atomic mass is 10.1. The van der Waals surface area contributed by atoms with Crippen molar-refractivity contribution < 1.29 is 14.3 Å². The number of Topliss-reactive ketones (excluding diaryl/α,β-unsaturated/α-hetero) is 1. The number of ether oxygens (including phenoxy) is 2. The highest BCUT2D eigenvalue weighted by molar-refractivity contribution is 7.98. The predicted molar refractivity (Wildman–Crippen MR) is 90.2 cm³/mol. The van der Waals surface area contributed by atoms with Crippen LogP contribution in [-0.4, -0.2) is 20.0 Å². The van der Waals surface area contributed by atoms with Crippen LogP contribution in [0.4, 0.5) is 0 Å². The van der Waals surface area contributed by atoms with Crippen molar-refractivity contribution >= 4 is 17.5 Å². The molecule has 2 aromatic carbocycles. The molecule has 0 spiro atoms. The summed E-state index contributed by atoms with van der Waals surface area (Å²) in [6.07, 6.45) is 0.537.